The predicted octanol–water partition coefficient (Wildman–Crippen LogP) is 2.67. The maximum Gasteiger partial charge on any atom is 0.323 e. The number of carboxylic acids is 1. The lowest BCUT2D eigenvalue weighted by Gasteiger charge is -2.26. The van der Waals surface area contributed by atoms with Gasteiger partial charge in [0.1, 0.15) is 5.54 Å². The van der Waals surface area contributed by atoms with E-state index in [2.05, 4.69) is 19.2 Å². The number of rotatable bonds is 11. The van der Waals surface area contributed by atoms with Gasteiger partial charge in [0.2, 0.25) is 0 Å². The second-order valence-corrected chi connectivity index (χ2v) is 5.28. The summed E-state index contributed by atoms with van der Waals surface area (Å²) < 4.78 is 5.57. The standard InChI is InChI=1S/C14H29NO3/c1-5-7-12(3)11-18-10-8-14(4,13(16)17)15-9-6-2/h12,15H,5-11H2,1-4H3,(H,16,17). The highest BCUT2D eigenvalue weighted by atomic mass is 16.5. The molecule has 0 fully saturated rings. The molecule has 0 rings (SSSR count). The summed E-state index contributed by atoms with van der Waals surface area (Å²) in [5, 5.41) is 12.3. The topological polar surface area (TPSA) is 58.6 Å². The average Bonchev–Trinajstić information content (AvgIpc) is 2.32. The van der Waals surface area contributed by atoms with Crippen LogP contribution in [0.2, 0.25) is 0 Å². The summed E-state index contributed by atoms with van der Waals surface area (Å²) in [6.07, 6.45) is 3.75. The molecule has 0 aliphatic carbocycles. The molecule has 0 saturated heterocycles. The predicted molar refractivity (Wildman–Crippen MR) is 73.8 cm³/mol. The molecule has 0 aliphatic heterocycles. The first-order valence-corrected chi connectivity index (χ1v) is 7.02. The fraction of sp³-hybridized carbons (Fsp3) is 0.929. The van der Waals surface area contributed by atoms with Crippen LogP contribution in [0.1, 0.15) is 53.4 Å². The third-order valence-corrected chi connectivity index (χ3v) is 3.17. The SMILES string of the molecule is CCCNC(C)(CCOCC(C)CCC)C(=O)O. The molecule has 4 nitrogen and oxygen atoms in total. The molecule has 108 valence electrons. The Kier molecular flexibility index (Phi) is 9.02. The molecule has 2 N–H and O–H groups in total. The van der Waals surface area contributed by atoms with Crippen LogP contribution in [-0.2, 0) is 9.53 Å². The maximum atomic E-state index is 11.2. The summed E-state index contributed by atoms with van der Waals surface area (Å²) in [4.78, 5) is 11.2. The lowest BCUT2D eigenvalue weighted by atomic mass is 9.98. The molecule has 0 radical (unpaired) electrons. The highest BCUT2D eigenvalue weighted by Crippen LogP contribution is 2.12. The van der Waals surface area contributed by atoms with Crippen molar-refractivity contribution in [3.05, 3.63) is 0 Å². The number of ether oxygens (including phenoxy) is 1. The van der Waals surface area contributed by atoms with Crippen LogP contribution in [0.3, 0.4) is 0 Å². The lowest BCUT2D eigenvalue weighted by Crippen LogP contribution is -2.50. The van der Waals surface area contributed by atoms with Crippen molar-refractivity contribution in [1.82, 2.24) is 5.32 Å². The number of hydrogen-bond donors (Lipinski definition) is 2. The van der Waals surface area contributed by atoms with Crippen molar-refractivity contribution in [1.29, 1.82) is 0 Å². The van der Waals surface area contributed by atoms with Gasteiger partial charge in [-0.3, -0.25) is 4.79 Å². The van der Waals surface area contributed by atoms with E-state index in [9.17, 15) is 9.90 Å². The summed E-state index contributed by atoms with van der Waals surface area (Å²) in [5.41, 5.74) is -0.871. The van der Waals surface area contributed by atoms with E-state index >= 15 is 0 Å². The summed E-state index contributed by atoms with van der Waals surface area (Å²) >= 11 is 0. The fourth-order valence-corrected chi connectivity index (χ4v) is 1.81. The van der Waals surface area contributed by atoms with Gasteiger partial charge in [0.15, 0.2) is 0 Å². The van der Waals surface area contributed by atoms with Gasteiger partial charge in [-0.1, -0.05) is 27.2 Å². The van der Waals surface area contributed by atoms with E-state index in [4.69, 9.17) is 4.74 Å². The van der Waals surface area contributed by atoms with E-state index in [1.54, 1.807) is 6.92 Å². The third-order valence-electron chi connectivity index (χ3n) is 3.17. The first-order valence-electron chi connectivity index (χ1n) is 7.02. The van der Waals surface area contributed by atoms with E-state index in [1.165, 1.54) is 0 Å². The minimum atomic E-state index is -0.871. The van der Waals surface area contributed by atoms with Crippen LogP contribution >= 0.6 is 0 Å². The van der Waals surface area contributed by atoms with E-state index in [0.717, 1.165) is 32.4 Å². The summed E-state index contributed by atoms with van der Waals surface area (Å²) in [5.74, 6) is -0.254. The molecule has 2 unspecified atom stereocenters. The van der Waals surface area contributed by atoms with Crippen LogP contribution < -0.4 is 5.32 Å². The van der Waals surface area contributed by atoms with Crippen LogP contribution in [0.15, 0.2) is 0 Å². The Morgan fingerprint density at radius 3 is 2.56 bits per heavy atom. The lowest BCUT2D eigenvalue weighted by molar-refractivity contribution is -0.145. The molecular formula is C14H29NO3. The molecular weight excluding hydrogens is 230 g/mol. The minimum absolute atomic E-state index is 0.494. The number of nitrogens with one attached hydrogen (secondary N) is 1. The second-order valence-electron chi connectivity index (χ2n) is 5.28. The van der Waals surface area contributed by atoms with Crippen molar-refractivity contribution < 1.29 is 14.6 Å². The zero-order chi connectivity index (χ0) is 14.0. The highest BCUT2D eigenvalue weighted by molar-refractivity contribution is 5.78. The Morgan fingerprint density at radius 2 is 2.06 bits per heavy atom. The molecule has 0 bridgehead atoms. The van der Waals surface area contributed by atoms with E-state index in [-0.39, 0.29) is 0 Å². The van der Waals surface area contributed by atoms with Crippen LogP contribution in [0.4, 0.5) is 0 Å². The van der Waals surface area contributed by atoms with Gasteiger partial charge in [0, 0.05) is 13.2 Å². The molecule has 0 amide bonds. The summed E-state index contributed by atoms with van der Waals surface area (Å²) in [6.45, 7) is 10.0. The molecule has 0 aromatic carbocycles. The fourth-order valence-electron chi connectivity index (χ4n) is 1.81. The molecule has 0 heterocycles. The number of carbonyl (C=O) groups is 1. The van der Waals surface area contributed by atoms with Crippen LogP contribution in [-0.4, -0.2) is 36.4 Å². The van der Waals surface area contributed by atoms with Gasteiger partial charge in [-0.25, -0.2) is 0 Å². The van der Waals surface area contributed by atoms with Crippen LogP contribution in [0.25, 0.3) is 0 Å². The maximum absolute atomic E-state index is 11.2. The Balaban J connectivity index is 3.94. The average molecular weight is 259 g/mol. The minimum Gasteiger partial charge on any atom is -0.480 e. The van der Waals surface area contributed by atoms with Gasteiger partial charge in [-0.05, 0) is 38.6 Å². The highest BCUT2D eigenvalue weighted by Gasteiger charge is 2.31. The zero-order valence-corrected chi connectivity index (χ0v) is 12.3. The van der Waals surface area contributed by atoms with Gasteiger partial charge >= 0.3 is 5.97 Å². The van der Waals surface area contributed by atoms with Crippen LogP contribution in [0, 0.1) is 5.92 Å². The van der Waals surface area contributed by atoms with Crippen molar-refractivity contribution in [2.75, 3.05) is 19.8 Å². The largest absolute Gasteiger partial charge is 0.480 e. The molecule has 4 heteroatoms. The smallest absolute Gasteiger partial charge is 0.323 e. The first kappa shape index (κ1) is 17.4. The Labute approximate surface area is 111 Å². The van der Waals surface area contributed by atoms with Gasteiger partial charge in [0.25, 0.3) is 0 Å². The normalized spacial score (nSPS) is 16.2. The van der Waals surface area contributed by atoms with Crippen molar-refractivity contribution in [2.45, 2.75) is 58.9 Å². The molecule has 0 aromatic heterocycles. The quantitative estimate of drug-likeness (QED) is 0.560. The monoisotopic (exact) mass is 259 g/mol. The zero-order valence-electron chi connectivity index (χ0n) is 12.3. The van der Waals surface area contributed by atoms with Gasteiger partial charge in [0.05, 0.1) is 0 Å². The van der Waals surface area contributed by atoms with E-state index in [1.807, 2.05) is 6.92 Å². The molecule has 0 aliphatic rings. The van der Waals surface area contributed by atoms with E-state index in [0.29, 0.717) is 18.9 Å². The summed E-state index contributed by atoms with van der Waals surface area (Å²) in [7, 11) is 0. The Bertz CT molecular complexity index is 233. The second kappa shape index (κ2) is 9.34. The molecule has 2 atom stereocenters. The van der Waals surface area contributed by atoms with Crippen molar-refractivity contribution in [3.8, 4) is 0 Å². The van der Waals surface area contributed by atoms with Crippen LogP contribution in [0.5, 0.6) is 0 Å². The number of hydrogen-bond acceptors (Lipinski definition) is 3. The molecule has 0 saturated carbocycles. The summed E-state index contributed by atoms with van der Waals surface area (Å²) in [6, 6.07) is 0. The molecule has 0 spiro atoms. The molecule has 0 aromatic rings. The van der Waals surface area contributed by atoms with E-state index < -0.39 is 11.5 Å². The van der Waals surface area contributed by atoms with Gasteiger partial charge in [-0.2, -0.15) is 0 Å². The van der Waals surface area contributed by atoms with Crippen molar-refractivity contribution in [2.24, 2.45) is 5.92 Å². The third kappa shape index (κ3) is 6.97. The number of aliphatic carboxylic acids is 1. The van der Waals surface area contributed by atoms with Gasteiger partial charge < -0.3 is 15.2 Å². The molecule has 18 heavy (non-hydrogen) atoms. The first-order chi connectivity index (χ1) is 8.46. The van der Waals surface area contributed by atoms with Crippen molar-refractivity contribution in [3.63, 3.8) is 0 Å². The van der Waals surface area contributed by atoms with Gasteiger partial charge in [-0.15, -0.1) is 0 Å². The number of carboxylic acid groups (broad SMARTS) is 1. The van der Waals surface area contributed by atoms with Crippen molar-refractivity contribution >= 4 is 5.97 Å². The Hall–Kier alpha value is -0.610. The Morgan fingerprint density at radius 1 is 1.39 bits per heavy atom.